The number of carbonyl (C=O) groups excluding carboxylic acids is 2. The smallest absolute Gasteiger partial charge is 0.354 e. The molecule has 0 unspecified atom stereocenters. The minimum atomic E-state index is -0.416. The Morgan fingerprint density at radius 1 is 1.41 bits per heavy atom. The number of aromatic amines is 1. The van der Waals surface area contributed by atoms with E-state index in [0.717, 1.165) is 25.9 Å². The van der Waals surface area contributed by atoms with Crippen molar-refractivity contribution >= 4 is 17.7 Å². The third-order valence-corrected chi connectivity index (χ3v) is 3.95. The summed E-state index contributed by atoms with van der Waals surface area (Å²) in [6.45, 7) is 8.03. The van der Waals surface area contributed by atoms with Crippen LogP contribution in [0.15, 0.2) is 12.3 Å². The Labute approximate surface area is 131 Å². The van der Waals surface area contributed by atoms with Gasteiger partial charge < -0.3 is 19.9 Å². The highest BCUT2D eigenvalue weighted by Gasteiger charge is 2.23. The number of rotatable bonds is 3. The topological polar surface area (TPSA) is 74.4 Å². The number of anilines is 1. The van der Waals surface area contributed by atoms with Gasteiger partial charge in [0.15, 0.2) is 0 Å². The van der Waals surface area contributed by atoms with Crippen molar-refractivity contribution in [2.45, 2.75) is 33.6 Å². The average molecular weight is 307 g/mol. The number of H-pyrrole nitrogens is 1. The van der Waals surface area contributed by atoms with Crippen molar-refractivity contribution in [1.82, 2.24) is 9.88 Å². The molecule has 22 heavy (non-hydrogen) atoms. The summed E-state index contributed by atoms with van der Waals surface area (Å²) in [5.41, 5.74) is 0.924. The molecule has 1 fully saturated rings. The molecule has 122 valence electrons. The molecular weight excluding hydrogens is 282 g/mol. The van der Waals surface area contributed by atoms with Crippen molar-refractivity contribution < 1.29 is 14.3 Å². The Kier molecular flexibility index (Phi) is 5.46. The predicted octanol–water partition coefficient (Wildman–Crippen LogP) is 3.09. The summed E-state index contributed by atoms with van der Waals surface area (Å²) < 4.78 is 4.91. The van der Waals surface area contributed by atoms with Crippen LogP contribution in [0.4, 0.5) is 10.5 Å². The summed E-state index contributed by atoms with van der Waals surface area (Å²) in [7, 11) is 0. The number of urea groups is 1. The number of nitrogens with zero attached hydrogens (tertiary/aromatic N) is 1. The molecule has 2 rings (SSSR count). The molecule has 0 aliphatic carbocycles. The van der Waals surface area contributed by atoms with Gasteiger partial charge in [0.1, 0.15) is 5.69 Å². The number of amides is 2. The minimum absolute atomic E-state index is 0.115. The van der Waals surface area contributed by atoms with Crippen LogP contribution < -0.4 is 5.32 Å². The first-order valence-corrected chi connectivity index (χ1v) is 7.91. The summed E-state index contributed by atoms with van der Waals surface area (Å²) in [5, 5.41) is 2.84. The standard InChI is InChI=1S/C16H25N3O3/c1-4-22-15(20)14-8-13(9-17-14)18-16(21)19-6-5-11(2)7-12(3)10-19/h8-9,11-12,17H,4-7,10H2,1-3H3,(H,18,21)/t11-,12-/m0/s1. The second kappa shape index (κ2) is 7.33. The van der Waals surface area contributed by atoms with Crippen LogP contribution in [0.5, 0.6) is 0 Å². The van der Waals surface area contributed by atoms with E-state index in [0.29, 0.717) is 29.8 Å². The number of carbonyl (C=O) groups is 2. The monoisotopic (exact) mass is 307 g/mol. The van der Waals surface area contributed by atoms with Crippen molar-refractivity contribution in [2.24, 2.45) is 11.8 Å². The maximum absolute atomic E-state index is 12.4. The highest BCUT2D eigenvalue weighted by molar-refractivity contribution is 5.93. The third kappa shape index (κ3) is 4.26. The Balaban J connectivity index is 1.95. The number of hydrogen-bond acceptors (Lipinski definition) is 3. The molecule has 1 aromatic heterocycles. The number of nitrogens with one attached hydrogen (secondary N) is 2. The number of esters is 1. The largest absolute Gasteiger partial charge is 0.461 e. The quantitative estimate of drug-likeness (QED) is 0.843. The molecule has 2 amide bonds. The van der Waals surface area contributed by atoms with Gasteiger partial charge in [-0.05, 0) is 37.7 Å². The molecular formula is C16H25N3O3. The molecule has 0 bridgehead atoms. The summed E-state index contributed by atoms with van der Waals surface area (Å²) in [4.78, 5) is 28.6. The van der Waals surface area contributed by atoms with E-state index >= 15 is 0 Å². The number of ether oxygens (including phenoxy) is 1. The number of aromatic nitrogens is 1. The van der Waals surface area contributed by atoms with Gasteiger partial charge in [0.05, 0.1) is 12.3 Å². The summed E-state index contributed by atoms with van der Waals surface area (Å²) in [6, 6.07) is 1.48. The second-order valence-electron chi connectivity index (χ2n) is 6.13. The predicted molar refractivity (Wildman–Crippen MR) is 84.9 cm³/mol. The van der Waals surface area contributed by atoms with E-state index in [1.54, 1.807) is 19.2 Å². The van der Waals surface area contributed by atoms with E-state index < -0.39 is 5.97 Å². The van der Waals surface area contributed by atoms with Gasteiger partial charge in [-0.3, -0.25) is 0 Å². The van der Waals surface area contributed by atoms with Crippen LogP contribution in [0.1, 0.15) is 44.1 Å². The van der Waals surface area contributed by atoms with Crippen molar-refractivity contribution in [3.8, 4) is 0 Å². The maximum atomic E-state index is 12.4. The first-order chi connectivity index (χ1) is 10.5. The van der Waals surface area contributed by atoms with Gasteiger partial charge in [-0.25, -0.2) is 9.59 Å². The van der Waals surface area contributed by atoms with Crippen molar-refractivity contribution in [2.75, 3.05) is 25.0 Å². The van der Waals surface area contributed by atoms with Gasteiger partial charge in [-0.15, -0.1) is 0 Å². The van der Waals surface area contributed by atoms with Crippen molar-refractivity contribution in [3.63, 3.8) is 0 Å². The van der Waals surface area contributed by atoms with Crippen molar-refractivity contribution in [3.05, 3.63) is 18.0 Å². The molecule has 1 aromatic rings. The lowest BCUT2D eigenvalue weighted by molar-refractivity contribution is 0.0520. The van der Waals surface area contributed by atoms with Crippen LogP contribution >= 0.6 is 0 Å². The van der Waals surface area contributed by atoms with E-state index in [1.165, 1.54) is 0 Å². The molecule has 1 saturated heterocycles. The zero-order chi connectivity index (χ0) is 16.1. The Morgan fingerprint density at radius 3 is 2.91 bits per heavy atom. The Bertz CT molecular complexity index is 526. The van der Waals surface area contributed by atoms with Gasteiger partial charge >= 0.3 is 12.0 Å². The molecule has 2 atom stereocenters. The molecule has 0 saturated carbocycles. The molecule has 0 spiro atoms. The second-order valence-corrected chi connectivity index (χ2v) is 6.13. The van der Waals surface area contributed by atoms with Crippen LogP contribution in [0.2, 0.25) is 0 Å². The lowest BCUT2D eigenvalue weighted by atomic mass is 9.97. The van der Waals surface area contributed by atoms with Crippen LogP contribution in [-0.2, 0) is 4.74 Å². The van der Waals surface area contributed by atoms with Crippen LogP contribution in [0.25, 0.3) is 0 Å². The maximum Gasteiger partial charge on any atom is 0.354 e. The van der Waals surface area contributed by atoms with Gasteiger partial charge in [0, 0.05) is 19.3 Å². The van der Waals surface area contributed by atoms with E-state index in [9.17, 15) is 9.59 Å². The fraction of sp³-hybridized carbons (Fsp3) is 0.625. The molecule has 2 N–H and O–H groups in total. The average Bonchev–Trinajstić information content (AvgIpc) is 2.84. The number of hydrogen-bond donors (Lipinski definition) is 2. The lowest BCUT2D eigenvalue weighted by Crippen LogP contribution is -2.37. The molecule has 1 aliphatic heterocycles. The summed E-state index contributed by atoms with van der Waals surface area (Å²) >= 11 is 0. The zero-order valence-electron chi connectivity index (χ0n) is 13.5. The summed E-state index contributed by atoms with van der Waals surface area (Å²) in [6.07, 6.45) is 3.79. The van der Waals surface area contributed by atoms with Crippen LogP contribution in [0.3, 0.4) is 0 Å². The highest BCUT2D eigenvalue weighted by atomic mass is 16.5. The molecule has 6 nitrogen and oxygen atoms in total. The highest BCUT2D eigenvalue weighted by Crippen LogP contribution is 2.22. The minimum Gasteiger partial charge on any atom is -0.461 e. The van der Waals surface area contributed by atoms with Gasteiger partial charge in [0.25, 0.3) is 0 Å². The van der Waals surface area contributed by atoms with Crippen molar-refractivity contribution in [1.29, 1.82) is 0 Å². The van der Waals surface area contributed by atoms with Crippen LogP contribution in [0, 0.1) is 11.8 Å². The fourth-order valence-corrected chi connectivity index (χ4v) is 2.90. The number of likely N-dealkylation sites (tertiary alicyclic amines) is 1. The van der Waals surface area contributed by atoms with E-state index in [2.05, 4.69) is 24.1 Å². The zero-order valence-corrected chi connectivity index (χ0v) is 13.5. The molecule has 6 heteroatoms. The van der Waals surface area contributed by atoms with Gasteiger partial charge in [0.2, 0.25) is 0 Å². The van der Waals surface area contributed by atoms with E-state index in [-0.39, 0.29) is 6.03 Å². The van der Waals surface area contributed by atoms with Gasteiger partial charge in [-0.1, -0.05) is 13.8 Å². The lowest BCUT2D eigenvalue weighted by Gasteiger charge is -2.22. The van der Waals surface area contributed by atoms with Gasteiger partial charge in [-0.2, -0.15) is 0 Å². The SMILES string of the molecule is CCOC(=O)c1cc(NC(=O)N2CC[C@H](C)C[C@H](C)C2)c[nH]1. The molecule has 0 radical (unpaired) electrons. The van der Waals surface area contributed by atoms with Crippen LogP contribution in [-0.4, -0.2) is 41.6 Å². The summed E-state index contributed by atoms with van der Waals surface area (Å²) in [5.74, 6) is 0.736. The Hall–Kier alpha value is -1.98. The third-order valence-electron chi connectivity index (χ3n) is 3.95. The first-order valence-electron chi connectivity index (χ1n) is 7.91. The fourth-order valence-electron chi connectivity index (χ4n) is 2.90. The first kappa shape index (κ1) is 16.4. The van der Waals surface area contributed by atoms with E-state index in [1.807, 2.05) is 4.90 Å². The molecule has 2 heterocycles. The van der Waals surface area contributed by atoms with E-state index in [4.69, 9.17) is 4.74 Å². The Morgan fingerprint density at radius 2 is 2.18 bits per heavy atom. The molecule has 1 aliphatic rings. The molecule has 0 aromatic carbocycles. The normalized spacial score (nSPS) is 22.0.